The van der Waals surface area contributed by atoms with Crippen LogP contribution in [0.2, 0.25) is 5.02 Å². The number of nitrogens with one attached hydrogen (secondary N) is 1. The highest BCUT2D eigenvalue weighted by Gasteiger charge is 2.32. The number of piperazine rings is 1. The van der Waals surface area contributed by atoms with E-state index in [9.17, 15) is 13.2 Å². The molecule has 1 fully saturated rings. The highest BCUT2D eigenvalue weighted by Crippen LogP contribution is 2.27. The molecule has 1 aromatic carbocycles. The number of thiophene rings is 1. The van der Waals surface area contributed by atoms with Crippen LogP contribution in [-0.2, 0) is 16.6 Å². The van der Waals surface area contributed by atoms with Gasteiger partial charge in [0.1, 0.15) is 9.77 Å². The largest absolute Gasteiger partial charge is 0.369 e. The zero-order valence-corrected chi connectivity index (χ0v) is 19.0. The number of pyridine rings is 1. The number of benzene rings is 1. The van der Waals surface area contributed by atoms with Crippen LogP contribution in [0, 0.1) is 0 Å². The minimum absolute atomic E-state index is 0.0531. The third kappa shape index (κ3) is 4.90. The van der Waals surface area contributed by atoms with Gasteiger partial charge in [-0.2, -0.15) is 4.31 Å². The van der Waals surface area contributed by atoms with E-state index in [0.717, 1.165) is 22.6 Å². The van der Waals surface area contributed by atoms with Crippen molar-refractivity contribution in [3.05, 3.63) is 75.7 Å². The Hall–Kier alpha value is -2.46. The number of halogens is 1. The lowest BCUT2D eigenvalue weighted by molar-refractivity contribution is 0.0952. The molecule has 31 heavy (non-hydrogen) atoms. The molecule has 0 aliphatic carbocycles. The fourth-order valence-corrected chi connectivity index (χ4v) is 6.35. The Bertz CT molecular complexity index is 1160. The maximum atomic E-state index is 13.2. The normalized spacial score (nSPS) is 15.1. The van der Waals surface area contributed by atoms with Crippen molar-refractivity contribution in [2.24, 2.45) is 0 Å². The fraction of sp³-hybridized carbons (Fsp3) is 0.238. The lowest BCUT2D eigenvalue weighted by atomic mass is 10.2. The van der Waals surface area contributed by atoms with E-state index < -0.39 is 15.9 Å². The molecule has 2 aromatic heterocycles. The zero-order valence-electron chi connectivity index (χ0n) is 16.6. The quantitative estimate of drug-likeness (QED) is 0.590. The first kappa shape index (κ1) is 21.8. The van der Waals surface area contributed by atoms with Gasteiger partial charge in [0, 0.05) is 55.8 Å². The SMILES string of the molecule is O=C(NCc1cccnc1)c1sccc1S(=O)(=O)N1CCN(c2cccc(Cl)c2)CC1. The predicted molar refractivity (Wildman–Crippen MR) is 122 cm³/mol. The summed E-state index contributed by atoms with van der Waals surface area (Å²) in [5, 5.41) is 5.06. The second kappa shape index (κ2) is 9.35. The Morgan fingerprint density at radius 1 is 1.13 bits per heavy atom. The summed E-state index contributed by atoms with van der Waals surface area (Å²) in [5.74, 6) is -0.407. The molecular formula is C21H21ClN4O3S2. The Balaban J connectivity index is 1.44. The van der Waals surface area contributed by atoms with Gasteiger partial charge in [-0.25, -0.2) is 8.42 Å². The van der Waals surface area contributed by atoms with Crippen LogP contribution in [0.3, 0.4) is 0 Å². The van der Waals surface area contributed by atoms with Gasteiger partial charge in [-0.1, -0.05) is 23.7 Å². The van der Waals surface area contributed by atoms with Crippen LogP contribution in [0.25, 0.3) is 0 Å². The van der Waals surface area contributed by atoms with Crippen molar-refractivity contribution < 1.29 is 13.2 Å². The Kier molecular flexibility index (Phi) is 6.57. The smallest absolute Gasteiger partial charge is 0.263 e. The second-order valence-electron chi connectivity index (χ2n) is 7.03. The zero-order chi connectivity index (χ0) is 21.8. The molecule has 0 bridgehead atoms. The van der Waals surface area contributed by atoms with Crippen LogP contribution in [0.1, 0.15) is 15.2 Å². The van der Waals surface area contributed by atoms with Crippen LogP contribution in [0.4, 0.5) is 5.69 Å². The first-order chi connectivity index (χ1) is 14.9. The minimum Gasteiger partial charge on any atom is -0.369 e. The Morgan fingerprint density at radius 3 is 2.65 bits per heavy atom. The number of amides is 1. The monoisotopic (exact) mass is 476 g/mol. The third-order valence-corrected chi connectivity index (χ3v) is 8.26. The molecule has 0 spiro atoms. The van der Waals surface area contributed by atoms with Crippen molar-refractivity contribution in [3.63, 3.8) is 0 Å². The molecule has 0 unspecified atom stereocenters. The number of carbonyl (C=O) groups excluding carboxylic acids is 1. The lowest BCUT2D eigenvalue weighted by Gasteiger charge is -2.35. The number of rotatable bonds is 6. The van der Waals surface area contributed by atoms with Crippen LogP contribution in [-0.4, -0.2) is 49.8 Å². The molecule has 4 rings (SSSR count). The first-order valence-corrected chi connectivity index (χ1v) is 12.4. The van der Waals surface area contributed by atoms with Crippen molar-refractivity contribution in [3.8, 4) is 0 Å². The van der Waals surface area contributed by atoms with Crippen molar-refractivity contribution >= 4 is 44.6 Å². The first-order valence-electron chi connectivity index (χ1n) is 9.70. The van der Waals surface area contributed by atoms with Crippen molar-refractivity contribution in [1.29, 1.82) is 0 Å². The van der Waals surface area contributed by atoms with Gasteiger partial charge >= 0.3 is 0 Å². The molecule has 10 heteroatoms. The number of nitrogens with zero attached hydrogens (tertiary/aromatic N) is 3. The van der Waals surface area contributed by atoms with Crippen LogP contribution >= 0.6 is 22.9 Å². The summed E-state index contributed by atoms with van der Waals surface area (Å²) >= 11 is 7.20. The number of sulfonamides is 1. The molecule has 1 aliphatic heterocycles. The number of hydrogen-bond donors (Lipinski definition) is 1. The summed E-state index contributed by atoms with van der Waals surface area (Å²) in [6, 6.07) is 12.6. The van der Waals surface area contributed by atoms with Crippen molar-refractivity contribution in [2.75, 3.05) is 31.1 Å². The van der Waals surface area contributed by atoms with E-state index in [1.54, 1.807) is 23.8 Å². The molecule has 1 amide bonds. The standard InChI is InChI=1S/C21H21ClN4O3S2/c22-17-4-1-5-18(13-17)25-8-10-26(11-9-25)31(28,29)19-6-12-30-20(19)21(27)24-15-16-3-2-7-23-14-16/h1-7,12-14H,8-11,15H2,(H,24,27). The molecule has 1 saturated heterocycles. The molecule has 3 heterocycles. The third-order valence-electron chi connectivity index (χ3n) is 5.04. The van der Waals surface area contributed by atoms with E-state index in [-0.39, 0.29) is 16.3 Å². The van der Waals surface area contributed by atoms with Gasteiger partial charge in [0.15, 0.2) is 0 Å². The maximum absolute atomic E-state index is 13.2. The maximum Gasteiger partial charge on any atom is 0.263 e. The van der Waals surface area contributed by atoms with E-state index in [0.29, 0.717) is 31.2 Å². The lowest BCUT2D eigenvalue weighted by Crippen LogP contribution is -2.48. The summed E-state index contributed by atoms with van der Waals surface area (Å²) in [6.07, 6.45) is 3.31. The molecule has 0 radical (unpaired) electrons. The van der Waals surface area contributed by atoms with E-state index in [2.05, 4.69) is 15.2 Å². The van der Waals surface area contributed by atoms with E-state index >= 15 is 0 Å². The van der Waals surface area contributed by atoms with Crippen LogP contribution in [0.15, 0.2) is 65.1 Å². The highest BCUT2D eigenvalue weighted by molar-refractivity contribution is 7.89. The number of carbonyl (C=O) groups is 1. The molecular weight excluding hydrogens is 456 g/mol. The van der Waals surface area contributed by atoms with Gasteiger partial charge in [0.25, 0.3) is 5.91 Å². The van der Waals surface area contributed by atoms with Crippen LogP contribution in [0.5, 0.6) is 0 Å². The van der Waals surface area contributed by atoms with Crippen LogP contribution < -0.4 is 10.2 Å². The van der Waals surface area contributed by atoms with Gasteiger partial charge in [-0.05, 0) is 41.3 Å². The average Bonchev–Trinajstić information content (AvgIpc) is 3.29. The molecule has 3 aromatic rings. The summed E-state index contributed by atoms with van der Waals surface area (Å²) in [7, 11) is -3.77. The topological polar surface area (TPSA) is 82.6 Å². The molecule has 0 saturated carbocycles. The van der Waals surface area contributed by atoms with Gasteiger partial charge in [-0.3, -0.25) is 9.78 Å². The summed E-state index contributed by atoms with van der Waals surface area (Å²) in [5.41, 5.74) is 1.81. The van der Waals surface area contributed by atoms with E-state index in [4.69, 9.17) is 11.6 Å². The summed E-state index contributed by atoms with van der Waals surface area (Å²) in [4.78, 5) is 19.0. The van der Waals surface area contributed by atoms with Gasteiger partial charge in [0.2, 0.25) is 10.0 Å². The number of hydrogen-bond acceptors (Lipinski definition) is 6. The predicted octanol–water partition coefficient (Wildman–Crippen LogP) is 3.24. The highest BCUT2D eigenvalue weighted by atomic mass is 35.5. The summed E-state index contributed by atoms with van der Waals surface area (Å²) < 4.78 is 27.9. The molecule has 7 nitrogen and oxygen atoms in total. The van der Waals surface area contributed by atoms with E-state index in [1.807, 2.05) is 30.3 Å². The Labute approximate surface area is 190 Å². The van der Waals surface area contributed by atoms with E-state index in [1.165, 1.54) is 10.4 Å². The second-order valence-corrected chi connectivity index (χ2v) is 10.3. The van der Waals surface area contributed by atoms with Gasteiger partial charge in [-0.15, -0.1) is 11.3 Å². The Morgan fingerprint density at radius 2 is 1.94 bits per heavy atom. The minimum atomic E-state index is -3.77. The number of aromatic nitrogens is 1. The molecule has 0 atom stereocenters. The average molecular weight is 477 g/mol. The number of anilines is 1. The fourth-order valence-electron chi connectivity index (χ4n) is 3.43. The van der Waals surface area contributed by atoms with Crippen molar-refractivity contribution in [1.82, 2.24) is 14.6 Å². The molecule has 1 N–H and O–H groups in total. The van der Waals surface area contributed by atoms with Gasteiger partial charge in [0.05, 0.1) is 0 Å². The summed E-state index contributed by atoms with van der Waals surface area (Å²) in [6.45, 7) is 2.05. The van der Waals surface area contributed by atoms with Gasteiger partial charge < -0.3 is 10.2 Å². The van der Waals surface area contributed by atoms with Crippen molar-refractivity contribution in [2.45, 2.75) is 11.4 Å². The molecule has 162 valence electrons. The molecule has 1 aliphatic rings.